The Hall–Kier alpha value is -3.74. The molecule has 1 fully saturated rings. The van der Waals surface area contributed by atoms with Crippen LogP contribution in [0.5, 0.6) is 11.5 Å². The molecule has 190 valence electrons. The second-order valence-corrected chi connectivity index (χ2v) is 10.3. The Morgan fingerprint density at radius 3 is 2.31 bits per heavy atom. The van der Waals surface area contributed by atoms with E-state index in [0.717, 1.165) is 41.0 Å². The zero-order chi connectivity index (χ0) is 25.3. The number of methoxy groups -OCH3 is 2. The highest BCUT2D eigenvalue weighted by Gasteiger charge is 2.55. The molecule has 0 aliphatic heterocycles. The number of hydrogen-bond donors (Lipinski definition) is 1. The molecule has 2 unspecified atom stereocenters. The molecule has 2 aliphatic rings. The van der Waals surface area contributed by atoms with Crippen LogP contribution in [-0.2, 0) is 13.1 Å². The standard InChI is InChI=1S/C29H35N5O2.H2/c1-29(2)25-16-10-22(11-17-26(25)29)30-27-31-28(33(3)18-20-6-12-23(35-4)13-7-20)34(32-27)19-21-8-14-24(36-5)15-9-21;/h6-16,25-26H,17-19H2,1-5H3,(H,30,32);1H. The maximum Gasteiger partial charge on any atom is 0.248 e. The average molecular weight is 488 g/mol. The van der Waals surface area contributed by atoms with Gasteiger partial charge >= 0.3 is 0 Å². The molecule has 2 aromatic carbocycles. The number of nitrogens with zero attached hydrogens (tertiary/aromatic N) is 4. The fraction of sp³-hybridized carbons (Fsp3) is 0.379. The van der Waals surface area contributed by atoms with Gasteiger partial charge in [0.2, 0.25) is 11.9 Å². The molecule has 1 saturated carbocycles. The summed E-state index contributed by atoms with van der Waals surface area (Å²) in [5.41, 5.74) is 3.77. The summed E-state index contributed by atoms with van der Waals surface area (Å²) in [7, 11) is 5.40. The molecule has 5 rings (SSSR count). The minimum absolute atomic E-state index is 0. The Morgan fingerprint density at radius 2 is 1.67 bits per heavy atom. The van der Waals surface area contributed by atoms with Crippen molar-refractivity contribution in [3.8, 4) is 11.5 Å². The molecule has 1 N–H and O–H groups in total. The van der Waals surface area contributed by atoms with Gasteiger partial charge in [0, 0.05) is 20.7 Å². The Labute approximate surface area is 214 Å². The Balaban J connectivity index is 0.00000320. The fourth-order valence-corrected chi connectivity index (χ4v) is 5.12. The van der Waals surface area contributed by atoms with Gasteiger partial charge in [0.05, 0.1) is 20.8 Å². The maximum atomic E-state index is 5.31. The molecule has 7 heteroatoms. The van der Waals surface area contributed by atoms with Crippen LogP contribution in [0.2, 0.25) is 0 Å². The van der Waals surface area contributed by atoms with E-state index in [1.807, 2.05) is 36.0 Å². The van der Waals surface area contributed by atoms with Crippen LogP contribution >= 0.6 is 0 Å². The molecule has 0 bridgehead atoms. The van der Waals surface area contributed by atoms with Gasteiger partial charge in [0.15, 0.2) is 0 Å². The number of allylic oxidation sites excluding steroid dienone is 3. The Bertz CT molecular complexity index is 1260. The summed E-state index contributed by atoms with van der Waals surface area (Å²) >= 11 is 0. The zero-order valence-corrected chi connectivity index (χ0v) is 21.7. The van der Waals surface area contributed by atoms with Crippen LogP contribution in [0.25, 0.3) is 0 Å². The third-order valence-corrected chi connectivity index (χ3v) is 7.53. The molecule has 36 heavy (non-hydrogen) atoms. The van der Waals surface area contributed by atoms with Gasteiger partial charge in [-0.2, -0.15) is 4.98 Å². The van der Waals surface area contributed by atoms with Crippen molar-refractivity contribution in [3.63, 3.8) is 0 Å². The minimum Gasteiger partial charge on any atom is -0.497 e. The molecule has 1 aromatic heterocycles. The fourth-order valence-electron chi connectivity index (χ4n) is 5.12. The predicted molar refractivity (Wildman–Crippen MR) is 146 cm³/mol. The van der Waals surface area contributed by atoms with Gasteiger partial charge in [-0.3, -0.25) is 0 Å². The van der Waals surface area contributed by atoms with E-state index in [-0.39, 0.29) is 1.43 Å². The van der Waals surface area contributed by atoms with Crippen molar-refractivity contribution in [2.45, 2.75) is 33.4 Å². The van der Waals surface area contributed by atoms with Crippen LogP contribution in [0, 0.1) is 17.3 Å². The van der Waals surface area contributed by atoms with Crippen LogP contribution in [0.1, 0.15) is 32.8 Å². The van der Waals surface area contributed by atoms with E-state index in [4.69, 9.17) is 19.6 Å². The molecule has 2 aliphatic carbocycles. The van der Waals surface area contributed by atoms with Gasteiger partial charge < -0.3 is 19.7 Å². The highest BCUT2D eigenvalue weighted by atomic mass is 16.5. The number of anilines is 2. The number of ether oxygens (including phenoxy) is 2. The summed E-state index contributed by atoms with van der Waals surface area (Å²) in [5, 5.41) is 8.30. The topological polar surface area (TPSA) is 64.4 Å². The lowest BCUT2D eigenvalue weighted by molar-refractivity contribution is 0.414. The van der Waals surface area contributed by atoms with Gasteiger partial charge in [-0.25, -0.2) is 4.68 Å². The van der Waals surface area contributed by atoms with Crippen molar-refractivity contribution in [3.05, 3.63) is 83.6 Å². The van der Waals surface area contributed by atoms with Crippen LogP contribution in [0.3, 0.4) is 0 Å². The van der Waals surface area contributed by atoms with Gasteiger partial charge in [-0.05, 0) is 65.1 Å². The highest BCUT2D eigenvalue weighted by Crippen LogP contribution is 2.61. The third-order valence-electron chi connectivity index (χ3n) is 7.53. The normalized spacial score (nSPS) is 19.6. The Morgan fingerprint density at radius 1 is 1.03 bits per heavy atom. The Kier molecular flexibility index (Phi) is 6.48. The number of hydrogen-bond acceptors (Lipinski definition) is 6. The van der Waals surface area contributed by atoms with Crippen molar-refractivity contribution >= 4 is 11.9 Å². The molecule has 3 aromatic rings. The van der Waals surface area contributed by atoms with E-state index < -0.39 is 0 Å². The number of benzene rings is 2. The van der Waals surface area contributed by atoms with Crippen molar-refractivity contribution in [2.75, 3.05) is 31.5 Å². The van der Waals surface area contributed by atoms with Crippen molar-refractivity contribution < 1.29 is 10.9 Å². The largest absolute Gasteiger partial charge is 0.497 e. The van der Waals surface area contributed by atoms with Crippen LogP contribution in [-0.4, -0.2) is 36.0 Å². The summed E-state index contributed by atoms with van der Waals surface area (Å²) < 4.78 is 12.6. The molecule has 2 atom stereocenters. The van der Waals surface area contributed by atoms with Gasteiger partial charge in [0.1, 0.15) is 11.5 Å². The van der Waals surface area contributed by atoms with Gasteiger partial charge in [-0.1, -0.05) is 50.3 Å². The van der Waals surface area contributed by atoms with E-state index in [1.165, 1.54) is 5.56 Å². The molecular weight excluding hydrogens is 450 g/mol. The van der Waals surface area contributed by atoms with Crippen molar-refractivity contribution in [1.82, 2.24) is 14.8 Å². The van der Waals surface area contributed by atoms with Gasteiger partial charge in [-0.15, -0.1) is 5.10 Å². The molecule has 0 amide bonds. The summed E-state index contributed by atoms with van der Waals surface area (Å²) in [6.07, 6.45) is 7.87. The first kappa shape index (κ1) is 24.0. The predicted octanol–water partition coefficient (Wildman–Crippen LogP) is 5.75. The van der Waals surface area contributed by atoms with E-state index >= 15 is 0 Å². The first-order chi connectivity index (χ1) is 17.4. The molecular formula is C29H37N5O2. The van der Waals surface area contributed by atoms with E-state index in [0.29, 0.717) is 30.4 Å². The lowest BCUT2D eigenvalue weighted by Gasteiger charge is -2.19. The summed E-state index contributed by atoms with van der Waals surface area (Å²) in [6.45, 7) is 6.01. The van der Waals surface area contributed by atoms with Crippen LogP contribution in [0.15, 0.2) is 72.5 Å². The van der Waals surface area contributed by atoms with Crippen molar-refractivity contribution in [1.29, 1.82) is 0 Å². The van der Waals surface area contributed by atoms with Gasteiger partial charge in [0.25, 0.3) is 0 Å². The maximum absolute atomic E-state index is 5.31. The summed E-state index contributed by atoms with van der Waals surface area (Å²) in [5.74, 6) is 4.46. The first-order valence-electron chi connectivity index (χ1n) is 12.4. The van der Waals surface area contributed by atoms with Crippen LogP contribution in [0.4, 0.5) is 11.9 Å². The molecule has 1 heterocycles. The quantitative estimate of drug-likeness (QED) is 0.414. The number of rotatable bonds is 9. The number of aromatic nitrogens is 3. The SMILES string of the molecule is COc1ccc(CN(C)c2nc(NC3=CCC4C(C=C3)C4(C)C)nn2Cc2ccc(OC)cc2)cc1.[HH]. The minimum atomic E-state index is 0. The lowest BCUT2D eigenvalue weighted by Crippen LogP contribution is -2.21. The lowest BCUT2D eigenvalue weighted by atomic mass is 10.1. The van der Waals surface area contributed by atoms with Crippen LogP contribution < -0.4 is 19.7 Å². The number of nitrogens with one attached hydrogen (secondary N) is 1. The second-order valence-electron chi connectivity index (χ2n) is 10.3. The van der Waals surface area contributed by atoms with Crippen molar-refractivity contribution in [2.24, 2.45) is 17.3 Å². The highest BCUT2D eigenvalue weighted by molar-refractivity contribution is 5.46. The number of fused-ring (bicyclic) bond motifs is 1. The first-order valence-corrected chi connectivity index (χ1v) is 12.4. The molecule has 0 saturated heterocycles. The zero-order valence-electron chi connectivity index (χ0n) is 21.7. The average Bonchev–Trinajstić information content (AvgIpc) is 3.30. The second kappa shape index (κ2) is 9.72. The summed E-state index contributed by atoms with van der Waals surface area (Å²) in [6, 6.07) is 16.2. The van der Waals surface area contributed by atoms with E-state index in [9.17, 15) is 0 Å². The molecule has 0 radical (unpaired) electrons. The smallest absolute Gasteiger partial charge is 0.248 e. The molecule has 7 nitrogen and oxygen atoms in total. The third kappa shape index (κ3) is 4.96. The molecule has 0 spiro atoms. The van der Waals surface area contributed by atoms with E-state index in [1.54, 1.807) is 14.2 Å². The monoisotopic (exact) mass is 487 g/mol. The van der Waals surface area contributed by atoms with E-state index in [2.05, 4.69) is 66.6 Å². The summed E-state index contributed by atoms with van der Waals surface area (Å²) in [4.78, 5) is 7.02.